The van der Waals surface area contributed by atoms with Crippen molar-refractivity contribution in [3.63, 3.8) is 0 Å². The number of para-hydroxylation sites is 1. The zero-order valence-corrected chi connectivity index (χ0v) is 27.7. The van der Waals surface area contributed by atoms with Gasteiger partial charge in [0.15, 0.2) is 0 Å². The Balaban J connectivity index is 1.08. The van der Waals surface area contributed by atoms with Crippen LogP contribution < -0.4 is 10.1 Å². The maximum Gasteiger partial charge on any atom is 0.322 e. The topological polar surface area (TPSA) is 85.4 Å². The highest BCUT2D eigenvalue weighted by Gasteiger charge is 2.36. The van der Waals surface area contributed by atoms with E-state index < -0.39 is 5.92 Å². The van der Waals surface area contributed by atoms with Crippen LogP contribution in [0.1, 0.15) is 63.0 Å². The number of nitrogens with one attached hydrogen (secondary N) is 1. The van der Waals surface area contributed by atoms with Gasteiger partial charge < -0.3 is 29.7 Å². The number of benzene rings is 2. The molecule has 0 aromatic heterocycles. The molecule has 4 aliphatic rings. The lowest BCUT2D eigenvalue weighted by molar-refractivity contribution is -0.143. The quantitative estimate of drug-likeness (QED) is 0.410. The highest BCUT2D eigenvalue weighted by atomic mass is 16.5. The predicted octanol–water partition coefficient (Wildman–Crippen LogP) is 5.25. The SMILES string of the molecule is CCOc1cccc(CC(CC(=O)N2CCC(N3Cc4ccccc4NC3=O)CC2)C(=O)N2CCC(C3CCN(C)CC3)CC2)c1. The van der Waals surface area contributed by atoms with Crippen molar-refractivity contribution in [1.29, 1.82) is 0 Å². The molecule has 3 fully saturated rings. The molecule has 2 aromatic carbocycles. The number of amides is 4. The van der Waals surface area contributed by atoms with Crippen molar-refractivity contribution in [2.24, 2.45) is 17.8 Å². The molecule has 46 heavy (non-hydrogen) atoms. The van der Waals surface area contributed by atoms with E-state index in [4.69, 9.17) is 4.74 Å². The summed E-state index contributed by atoms with van der Waals surface area (Å²) in [5.74, 6) is 1.98. The number of hydrogen-bond acceptors (Lipinski definition) is 5. The summed E-state index contributed by atoms with van der Waals surface area (Å²) in [6, 6.07) is 15.9. The number of rotatable bonds is 9. The number of hydrogen-bond donors (Lipinski definition) is 1. The second kappa shape index (κ2) is 14.9. The molecule has 2 aromatic rings. The first kappa shape index (κ1) is 32.4. The fourth-order valence-electron chi connectivity index (χ4n) is 8.09. The van der Waals surface area contributed by atoms with Gasteiger partial charge in [0, 0.05) is 50.9 Å². The van der Waals surface area contributed by atoms with E-state index in [9.17, 15) is 14.4 Å². The van der Waals surface area contributed by atoms with Gasteiger partial charge in [0.25, 0.3) is 0 Å². The standard InChI is InChI=1S/C37H51N5O4/c1-3-46-33-9-6-7-27(24-33)23-31(36(44)41-19-13-29(14-20-41)28-11-17-39(2)18-12-28)25-35(43)40-21-15-32(16-22-40)42-26-30-8-4-5-10-34(30)38-37(42)45/h4-10,24,28-29,31-32H,3,11-23,25-26H2,1-2H3,(H,38,45). The van der Waals surface area contributed by atoms with Gasteiger partial charge in [-0.1, -0.05) is 30.3 Å². The molecule has 4 aliphatic heterocycles. The number of carbonyl (C=O) groups is 3. The minimum atomic E-state index is -0.411. The van der Waals surface area contributed by atoms with Crippen molar-refractivity contribution >= 4 is 23.5 Å². The summed E-state index contributed by atoms with van der Waals surface area (Å²) in [4.78, 5) is 49.1. The first-order valence-corrected chi connectivity index (χ1v) is 17.5. The zero-order chi connectivity index (χ0) is 32.0. The average molecular weight is 630 g/mol. The summed E-state index contributed by atoms with van der Waals surface area (Å²) in [6.07, 6.45) is 6.83. The molecule has 0 spiro atoms. The van der Waals surface area contributed by atoms with Gasteiger partial charge in [0.1, 0.15) is 5.75 Å². The minimum Gasteiger partial charge on any atom is -0.494 e. The predicted molar refractivity (Wildman–Crippen MR) is 180 cm³/mol. The van der Waals surface area contributed by atoms with Crippen molar-refractivity contribution in [3.8, 4) is 5.75 Å². The third-order valence-corrected chi connectivity index (χ3v) is 10.9. The van der Waals surface area contributed by atoms with E-state index in [0.717, 1.165) is 67.3 Å². The van der Waals surface area contributed by atoms with Crippen LogP contribution in [0, 0.1) is 17.8 Å². The van der Waals surface area contributed by atoms with Gasteiger partial charge in [-0.25, -0.2) is 4.79 Å². The van der Waals surface area contributed by atoms with E-state index in [1.807, 2.05) is 64.1 Å². The van der Waals surface area contributed by atoms with Crippen LogP contribution in [0.2, 0.25) is 0 Å². The number of ether oxygens (including phenoxy) is 1. The van der Waals surface area contributed by atoms with Crippen LogP contribution in [0.4, 0.5) is 10.5 Å². The molecule has 248 valence electrons. The summed E-state index contributed by atoms with van der Waals surface area (Å²) in [5.41, 5.74) is 3.02. The number of carbonyl (C=O) groups excluding carboxylic acids is 3. The summed E-state index contributed by atoms with van der Waals surface area (Å²) in [6.45, 7) is 8.24. The van der Waals surface area contributed by atoms with E-state index in [1.165, 1.54) is 25.9 Å². The lowest BCUT2D eigenvalue weighted by Gasteiger charge is -2.41. The Kier molecular flexibility index (Phi) is 10.5. The monoisotopic (exact) mass is 629 g/mol. The van der Waals surface area contributed by atoms with E-state index in [0.29, 0.717) is 38.6 Å². The lowest BCUT2D eigenvalue weighted by Crippen LogP contribution is -2.51. The Bertz CT molecular complexity index is 1360. The molecule has 1 N–H and O–H groups in total. The molecular formula is C37H51N5O4. The minimum absolute atomic E-state index is 0.0346. The van der Waals surface area contributed by atoms with Gasteiger partial charge in [-0.3, -0.25) is 9.59 Å². The molecule has 3 saturated heterocycles. The van der Waals surface area contributed by atoms with Crippen LogP contribution in [-0.2, 0) is 22.6 Å². The van der Waals surface area contributed by atoms with Gasteiger partial charge in [0.2, 0.25) is 11.8 Å². The third kappa shape index (κ3) is 7.68. The van der Waals surface area contributed by atoms with Crippen LogP contribution in [0.25, 0.3) is 0 Å². The van der Waals surface area contributed by atoms with E-state index in [2.05, 4.69) is 23.3 Å². The van der Waals surface area contributed by atoms with Crippen LogP contribution in [0.15, 0.2) is 48.5 Å². The normalized spacial score (nSPS) is 21.1. The third-order valence-electron chi connectivity index (χ3n) is 10.9. The molecule has 9 heteroatoms. The van der Waals surface area contributed by atoms with Crippen LogP contribution in [0.5, 0.6) is 5.75 Å². The van der Waals surface area contributed by atoms with E-state index >= 15 is 0 Å². The number of anilines is 1. The average Bonchev–Trinajstić information content (AvgIpc) is 3.08. The molecule has 0 radical (unpaired) electrons. The lowest BCUT2D eigenvalue weighted by atomic mass is 9.78. The summed E-state index contributed by atoms with van der Waals surface area (Å²) in [7, 11) is 2.21. The van der Waals surface area contributed by atoms with Gasteiger partial charge in [0.05, 0.1) is 12.5 Å². The van der Waals surface area contributed by atoms with Gasteiger partial charge in [-0.15, -0.1) is 0 Å². The van der Waals surface area contributed by atoms with Gasteiger partial charge in [-0.05, 0) is 113 Å². The molecule has 0 bridgehead atoms. The van der Waals surface area contributed by atoms with Crippen LogP contribution >= 0.6 is 0 Å². The van der Waals surface area contributed by atoms with E-state index in [-0.39, 0.29) is 30.3 Å². The summed E-state index contributed by atoms with van der Waals surface area (Å²) >= 11 is 0. The summed E-state index contributed by atoms with van der Waals surface area (Å²) < 4.78 is 5.74. The molecule has 9 nitrogen and oxygen atoms in total. The number of likely N-dealkylation sites (tertiary alicyclic amines) is 3. The van der Waals surface area contributed by atoms with Crippen molar-refractivity contribution < 1.29 is 19.1 Å². The molecule has 1 atom stereocenters. The molecule has 0 aliphatic carbocycles. The highest BCUT2D eigenvalue weighted by molar-refractivity contribution is 5.92. The zero-order valence-electron chi connectivity index (χ0n) is 27.7. The number of piperidine rings is 3. The Morgan fingerprint density at radius 1 is 0.870 bits per heavy atom. The molecular weight excluding hydrogens is 578 g/mol. The number of urea groups is 1. The van der Waals surface area contributed by atoms with Crippen LogP contribution in [-0.4, -0.2) is 96.4 Å². The number of nitrogens with zero attached hydrogens (tertiary/aromatic N) is 4. The second-order valence-corrected chi connectivity index (χ2v) is 13.8. The van der Waals surface area contributed by atoms with Crippen molar-refractivity contribution in [2.75, 3.05) is 58.2 Å². The van der Waals surface area contributed by atoms with Crippen molar-refractivity contribution in [3.05, 3.63) is 59.7 Å². The maximum absolute atomic E-state index is 14.1. The molecule has 1 unspecified atom stereocenters. The number of fused-ring (bicyclic) bond motifs is 1. The molecule has 0 saturated carbocycles. The summed E-state index contributed by atoms with van der Waals surface area (Å²) in [5, 5.41) is 3.02. The molecule has 4 amide bonds. The Hall–Kier alpha value is -3.59. The van der Waals surface area contributed by atoms with Gasteiger partial charge >= 0.3 is 6.03 Å². The Labute approximate surface area is 274 Å². The Morgan fingerprint density at radius 3 is 2.26 bits per heavy atom. The molecule has 4 heterocycles. The van der Waals surface area contributed by atoms with Gasteiger partial charge in [-0.2, -0.15) is 0 Å². The fourth-order valence-corrected chi connectivity index (χ4v) is 8.09. The largest absolute Gasteiger partial charge is 0.494 e. The Morgan fingerprint density at radius 2 is 1.54 bits per heavy atom. The van der Waals surface area contributed by atoms with Crippen molar-refractivity contribution in [2.45, 2.75) is 70.9 Å². The van der Waals surface area contributed by atoms with Crippen LogP contribution in [0.3, 0.4) is 0 Å². The highest BCUT2D eigenvalue weighted by Crippen LogP contribution is 2.33. The molecule has 6 rings (SSSR count). The first-order chi connectivity index (χ1) is 22.4. The second-order valence-electron chi connectivity index (χ2n) is 13.8. The first-order valence-electron chi connectivity index (χ1n) is 17.5. The smallest absolute Gasteiger partial charge is 0.322 e. The fraction of sp³-hybridized carbons (Fsp3) is 0.595. The van der Waals surface area contributed by atoms with E-state index in [1.54, 1.807) is 0 Å². The van der Waals surface area contributed by atoms with Crippen molar-refractivity contribution in [1.82, 2.24) is 19.6 Å². The maximum atomic E-state index is 14.1.